The number of fused-ring (bicyclic) bond motifs is 1. The molecular weight excluding hydrogens is 314 g/mol. The SMILES string of the molecule is Cc1ccccc1N1CCC(CNC(=O)c2cn3cccnc3n2)C1. The normalized spacial score (nSPS) is 17.2. The first-order valence-electron chi connectivity index (χ1n) is 8.59. The van der Waals surface area contributed by atoms with Crippen LogP contribution in [0.4, 0.5) is 5.69 Å². The number of amides is 1. The van der Waals surface area contributed by atoms with E-state index in [-0.39, 0.29) is 5.91 Å². The predicted octanol–water partition coefficient (Wildman–Crippen LogP) is 2.29. The summed E-state index contributed by atoms with van der Waals surface area (Å²) in [5.74, 6) is 0.859. The van der Waals surface area contributed by atoms with Crippen LogP contribution in [0.3, 0.4) is 0 Å². The van der Waals surface area contributed by atoms with Crippen molar-refractivity contribution in [2.24, 2.45) is 5.92 Å². The van der Waals surface area contributed by atoms with Crippen molar-refractivity contribution in [3.05, 3.63) is 60.2 Å². The van der Waals surface area contributed by atoms with Gasteiger partial charge in [-0.05, 0) is 37.0 Å². The van der Waals surface area contributed by atoms with Gasteiger partial charge in [-0.25, -0.2) is 9.97 Å². The lowest BCUT2D eigenvalue weighted by molar-refractivity contribution is 0.0944. The maximum Gasteiger partial charge on any atom is 0.271 e. The van der Waals surface area contributed by atoms with Crippen LogP contribution < -0.4 is 10.2 Å². The highest BCUT2D eigenvalue weighted by Gasteiger charge is 2.24. The second-order valence-electron chi connectivity index (χ2n) is 6.55. The molecule has 1 fully saturated rings. The van der Waals surface area contributed by atoms with E-state index in [0.717, 1.165) is 19.5 Å². The van der Waals surface area contributed by atoms with E-state index < -0.39 is 0 Å². The number of nitrogens with zero attached hydrogens (tertiary/aromatic N) is 4. The van der Waals surface area contributed by atoms with Crippen molar-refractivity contribution < 1.29 is 4.79 Å². The molecule has 4 rings (SSSR count). The van der Waals surface area contributed by atoms with Gasteiger partial charge in [0.1, 0.15) is 5.69 Å². The van der Waals surface area contributed by atoms with E-state index in [1.165, 1.54) is 11.3 Å². The fourth-order valence-electron chi connectivity index (χ4n) is 3.40. The van der Waals surface area contributed by atoms with Gasteiger partial charge in [-0.3, -0.25) is 9.20 Å². The third-order valence-electron chi connectivity index (χ3n) is 4.76. The Labute approximate surface area is 146 Å². The summed E-state index contributed by atoms with van der Waals surface area (Å²) in [7, 11) is 0. The quantitative estimate of drug-likeness (QED) is 0.795. The Morgan fingerprint density at radius 2 is 2.20 bits per heavy atom. The molecule has 0 spiro atoms. The lowest BCUT2D eigenvalue weighted by Crippen LogP contribution is -2.31. The van der Waals surface area contributed by atoms with Crippen molar-refractivity contribution in [2.75, 3.05) is 24.5 Å². The number of nitrogens with one attached hydrogen (secondary N) is 1. The third kappa shape index (κ3) is 3.20. The molecule has 1 aliphatic heterocycles. The predicted molar refractivity (Wildman–Crippen MR) is 96.8 cm³/mol. The zero-order valence-electron chi connectivity index (χ0n) is 14.2. The summed E-state index contributed by atoms with van der Waals surface area (Å²) in [6.07, 6.45) is 6.30. The number of hydrogen-bond acceptors (Lipinski definition) is 4. The number of imidazole rings is 1. The molecule has 3 heterocycles. The monoisotopic (exact) mass is 335 g/mol. The van der Waals surface area contributed by atoms with E-state index >= 15 is 0 Å². The average molecular weight is 335 g/mol. The molecule has 6 nitrogen and oxygen atoms in total. The Morgan fingerprint density at radius 1 is 1.32 bits per heavy atom. The molecule has 128 valence electrons. The van der Waals surface area contributed by atoms with Crippen molar-refractivity contribution in [3.8, 4) is 0 Å². The van der Waals surface area contributed by atoms with Crippen molar-refractivity contribution in [2.45, 2.75) is 13.3 Å². The second kappa shape index (κ2) is 6.55. The van der Waals surface area contributed by atoms with Crippen LogP contribution in [0, 0.1) is 12.8 Å². The average Bonchev–Trinajstić information content (AvgIpc) is 3.27. The molecule has 1 amide bonds. The van der Waals surface area contributed by atoms with Gasteiger partial charge in [0.05, 0.1) is 0 Å². The molecule has 0 bridgehead atoms. The van der Waals surface area contributed by atoms with Crippen LogP contribution in [0.15, 0.2) is 48.9 Å². The number of rotatable bonds is 4. The summed E-state index contributed by atoms with van der Waals surface area (Å²) < 4.78 is 1.75. The highest BCUT2D eigenvalue weighted by molar-refractivity contribution is 5.92. The summed E-state index contributed by atoms with van der Waals surface area (Å²) in [5, 5.41) is 3.02. The zero-order valence-corrected chi connectivity index (χ0v) is 14.2. The molecule has 1 atom stereocenters. The Kier molecular flexibility index (Phi) is 4.09. The van der Waals surface area contributed by atoms with Crippen molar-refractivity contribution in [1.29, 1.82) is 0 Å². The van der Waals surface area contributed by atoms with Gasteiger partial charge in [0.15, 0.2) is 0 Å². The van der Waals surface area contributed by atoms with E-state index in [1.807, 2.05) is 12.3 Å². The minimum absolute atomic E-state index is 0.139. The van der Waals surface area contributed by atoms with Gasteiger partial charge < -0.3 is 10.2 Å². The molecule has 2 aromatic heterocycles. The molecule has 25 heavy (non-hydrogen) atoms. The first-order chi connectivity index (χ1) is 12.2. The van der Waals surface area contributed by atoms with Crippen LogP contribution in [0.5, 0.6) is 0 Å². The molecule has 0 saturated carbocycles. The largest absolute Gasteiger partial charge is 0.371 e. The Balaban J connectivity index is 1.36. The minimum atomic E-state index is -0.139. The number of hydrogen-bond donors (Lipinski definition) is 1. The summed E-state index contributed by atoms with van der Waals surface area (Å²) in [6, 6.07) is 10.3. The standard InChI is InChI=1S/C19H21N5O/c1-14-5-2-3-6-17(14)23-10-7-15(12-23)11-21-18(25)16-13-24-9-4-8-20-19(24)22-16/h2-6,8-9,13,15H,7,10-12H2,1H3,(H,21,25). The molecule has 1 N–H and O–H groups in total. The topological polar surface area (TPSA) is 62.5 Å². The lowest BCUT2D eigenvalue weighted by Gasteiger charge is -2.21. The smallest absolute Gasteiger partial charge is 0.271 e. The van der Waals surface area contributed by atoms with E-state index in [0.29, 0.717) is 23.9 Å². The third-order valence-corrected chi connectivity index (χ3v) is 4.76. The van der Waals surface area contributed by atoms with E-state index in [1.54, 1.807) is 16.8 Å². The first kappa shape index (κ1) is 15.6. The minimum Gasteiger partial charge on any atom is -0.371 e. The van der Waals surface area contributed by atoms with Crippen LogP contribution in [0.2, 0.25) is 0 Å². The van der Waals surface area contributed by atoms with Gasteiger partial charge in [0.2, 0.25) is 5.78 Å². The molecule has 3 aromatic rings. The maximum atomic E-state index is 12.3. The van der Waals surface area contributed by atoms with Crippen LogP contribution >= 0.6 is 0 Å². The molecule has 1 unspecified atom stereocenters. The number of aryl methyl sites for hydroxylation is 1. The van der Waals surface area contributed by atoms with Crippen LogP contribution in [0.25, 0.3) is 5.78 Å². The number of carbonyl (C=O) groups is 1. The fourth-order valence-corrected chi connectivity index (χ4v) is 3.40. The Hall–Kier alpha value is -2.89. The summed E-state index contributed by atoms with van der Waals surface area (Å²) in [5.41, 5.74) is 3.00. The van der Waals surface area contributed by atoms with Gasteiger partial charge in [-0.15, -0.1) is 0 Å². The number of anilines is 1. The van der Waals surface area contributed by atoms with Gasteiger partial charge in [0.25, 0.3) is 5.91 Å². The van der Waals surface area contributed by atoms with Gasteiger partial charge in [-0.1, -0.05) is 18.2 Å². The van der Waals surface area contributed by atoms with Crippen LogP contribution in [-0.2, 0) is 0 Å². The number of carbonyl (C=O) groups excluding carboxylic acids is 1. The van der Waals surface area contributed by atoms with Crippen LogP contribution in [-0.4, -0.2) is 39.9 Å². The fraction of sp³-hybridized carbons (Fsp3) is 0.316. The maximum absolute atomic E-state index is 12.3. The summed E-state index contributed by atoms with van der Waals surface area (Å²) in [4.78, 5) is 23.2. The second-order valence-corrected chi connectivity index (χ2v) is 6.55. The summed E-state index contributed by atoms with van der Waals surface area (Å²) >= 11 is 0. The highest BCUT2D eigenvalue weighted by atomic mass is 16.1. The summed E-state index contributed by atoms with van der Waals surface area (Å²) in [6.45, 7) is 4.81. The van der Waals surface area contributed by atoms with Gasteiger partial charge in [0, 0.05) is 43.9 Å². The Bertz CT molecular complexity index is 870. The molecule has 1 aromatic carbocycles. The van der Waals surface area contributed by atoms with E-state index in [2.05, 4.69) is 51.4 Å². The molecular formula is C19H21N5O. The van der Waals surface area contributed by atoms with Crippen molar-refractivity contribution >= 4 is 17.4 Å². The number of para-hydroxylation sites is 1. The van der Waals surface area contributed by atoms with E-state index in [4.69, 9.17) is 0 Å². The molecule has 1 aliphatic rings. The van der Waals surface area contributed by atoms with Gasteiger partial charge in [-0.2, -0.15) is 0 Å². The molecule has 1 saturated heterocycles. The molecule has 0 radical (unpaired) electrons. The molecule has 6 heteroatoms. The van der Waals surface area contributed by atoms with Gasteiger partial charge >= 0.3 is 0 Å². The zero-order chi connectivity index (χ0) is 17.2. The van der Waals surface area contributed by atoms with Crippen LogP contribution in [0.1, 0.15) is 22.5 Å². The van der Waals surface area contributed by atoms with Crippen molar-refractivity contribution in [3.63, 3.8) is 0 Å². The van der Waals surface area contributed by atoms with E-state index in [9.17, 15) is 4.79 Å². The Morgan fingerprint density at radius 3 is 3.04 bits per heavy atom. The number of aromatic nitrogens is 3. The number of benzene rings is 1. The first-order valence-corrected chi connectivity index (χ1v) is 8.59. The lowest BCUT2D eigenvalue weighted by atomic mass is 10.1. The highest BCUT2D eigenvalue weighted by Crippen LogP contribution is 2.26. The molecule has 0 aliphatic carbocycles. The van der Waals surface area contributed by atoms with Crippen molar-refractivity contribution in [1.82, 2.24) is 19.7 Å².